The molecule has 2 aromatic carbocycles. The monoisotopic (exact) mass is 366 g/mol. The highest BCUT2D eigenvalue weighted by Gasteiger charge is 2.17. The molecule has 0 radical (unpaired) electrons. The molecule has 0 saturated heterocycles. The number of pyridine rings is 1. The van der Waals surface area contributed by atoms with Crippen molar-refractivity contribution < 1.29 is 12.8 Å². The number of nitrogens with zero attached hydrogens (tertiary/aromatic N) is 2. The normalized spacial score (nSPS) is 11.7. The van der Waals surface area contributed by atoms with Crippen molar-refractivity contribution in [3.63, 3.8) is 0 Å². The van der Waals surface area contributed by atoms with E-state index in [1.807, 2.05) is 28.9 Å². The molecule has 4 rings (SSSR count). The van der Waals surface area contributed by atoms with E-state index in [4.69, 9.17) is 0 Å². The molecular formula is C20H15FN2O2S. The summed E-state index contributed by atoms with van der Waals surface area (Å²) in [6.45, 7) is 0. The van der Waals surface area contributed by atoms with Crippen molar-refractivity contribution in [3.8, 4) is 0 Å². The van der Waals surface area contributed by atoms with Crippen LogP contribution in [0.15, 0.2) is 89.0 Å². The Morgan fingerprint density at radius 3 is 2.15 bits per heavy atom. The second kappa shape index (κ2) is 6.38. The van der Waals surface area contributed by atoms with Crippen LogP contribution in [0.5, 0.6) is 0 Å². The van der Waals surface area contributed by atoms with Crippen LogP contribution >= 0.6 is 0 Å². The largest absolute Gasteiger partial charge is 0.307 e. The Balaban J connectivity index is 1.58. The Bertz CT molecular complexity index is 1160. The molecule has 0 spiro atoms. The van der Waals surface area contributed by atoms with Gasteiger partial charge in [0.1, 0.15) is 11.5 Å². The van der Waals surface area contributed by atoms with Gasteiger partial charge in [0.2, 0.25) is 9.84 Å². The van der Waals surface area contributed by atoms with Crippen molar-refractivity contribution in [2.24, 2.45) is 0 Å². The molecule has 4 nitrogen and oxygen atoms in total. The lowest BCUT2D eigenvalue weighted by molar-refractivity contribution is 0.594. The molecule has 0 bridgehead atoms. The molecule has 2 aromatic heterocycles. The van der Waals surface area contributed by atoms with Crippen molar-refractivity contribution >= 4 is 15.5 Å². The van der Waals surface area contributed by atoms with Crippen LogP contribution in [0.1, 0.15) is 11.1 Å². The summed E-state index contributed by atoms with van der Waals surface area (Å²) < 4.78 is 40.2. The maximum absolute atomic E-state index is 13.0. The van der Waals surface area contributed by atoms with E-state index in [9.17, 15) is 12.8 Å². The van der Waals surface area contributed by atoms with Crippen LogP contribution in [0.2, 0.25) is 0 Å². The lowest BCUT2D eigenvalue weighted by Gasteiger charge is -2.07. The minimum Gasteiger partial charge on any atom is -0.307 e. The van der Waals surface area contributed by atoms with Crippen molar-refractivity contribution in [2.75, 3.05) is 0 Å². The molecule has 0 aliphatic rings. The van der Waals surface area contributed by atoms with Gasteiger partial charge >= 0.3 is 0 Å². The fourth-order valence-electron chi connectivity index (χ4n) is 2.84. The van der Waals surface area contributed by atoms with Crippen LogP contribution in [0, 0.1) is 5.82 Å². The van der Waals surface area contributed by atoms with Gasteiger partial charge < -0.3 is 4.40 Å². The average Bonchev–Trinajstić information content (AvgIpc) is 3.10. The van der Waals surface area contributed by atoms with Crippen LogP contribution in [0.4, 0.5) is 4.39 Å². The number of rotatable bonds is 4. The first kappa shape index (κ1) is 16.5. The third kappa shape index (κ3) is 3.11. The first-order valence-electron chi connectivity index (χ1n) is 8.03. The number of hydrogen-bond acceptors (Lipinski definition) is 3. The van der Waals surface area contributed by atoms with Gasteiger partial charge in [0.05, 0.1) is 9.79 Å². The molecule has 0 N–H and O–H groups in total. The van der Waals surface area contributed by atoms with Gasteiger partial charge in [-0.15, -0.1) is 0 Å². The third-order valence-corrected chi connectivity index (χ3v) is 6.00. The lowest BCUT2D eigenvalue weighted by Crippen LogP contribution is -2.02. The first-order chi connectivity index (χ1) is 12.5. The summed E-state index contributed by atoms with van der Waals surface area (Å²) >= 11 is 0. The summed E-state index contributed by atoms with van der Waals surface area (Å²) in [4.78, 5) is 4.49. The van der Waals surface area contributed by atoms with Crippen molar-refractivity contribution in [1.29, 1.82) is 0 Å². The van der Waals surface area contributed by atoms with E-state index in [1.54, 1.807) is 30.5 Å². The number of halogens is 1. The van der Waals surface area contributed by atoms with E-state index >= 15 is 0 Å². The summed E-state index contributed by atoms with van der Waals surface area (Å²) in [5, 5.41) is 0. The zero-order chi connectivity index (χ0) is 18.1. The summed E-state index contributed by atoms with van der Waals surface area (Å²) in [6.07, 6.45) is 6.32. The number of fused-ring (bicyclic) bond motifs is 1. The van der Waals surface area contributed by atoms with Gasteiger partial charge in [-0.3, -0.25) is 0 Å². The van der Waals surface area contributed by atoms with E-state index in [2.05, 4.69) is 4.98 Å². The Morgan fingerprint density at radius 2 is 1.46 bits per heavy atom. The number of benzene rings is 2. The first-order valence-corrected chi connectivity index (χ1v) is 9.52. The third-order valence-electron chi connectivity index (χ3n) is 4.22. The fourth-order valence-corrected chi connectivity index (χ4v) is 4.10. The van der Waals surface area contributed by atoms with E-state index in [-0.39, 0.29) is 9.79 Å². The van der Waals surface area contributed by atoms with Crippen molar-refractivity contribution in [2.45, 2.75) is 16.2 Å². The Labute approximate surface area is 150 Å². The maximum Gasteiger partial charge on any atom is 0.206 e. The molecule has 0 saturated carbocycles. The molecule has 6 heteroatoms. The van der Waals surface area contributed by atoms with Gasteiger partial charge in [-0.05, 0) is 60.0 Å². The Morgan fingerprint density at radius 1 is 0.846 bits per heavy atom. The van der Waals surface area contributed by atoms with E-state index in [1.165, 1.54) is 12.1 Å². The van der Waals surface area contributed by atoms with Crippen LogP contribution in [-0.2, 0) is 16.3 Å². The van der Waals surface area contributed by atoms with Gasteiger partial charge in [0.15, 0.2) is 0 Å². The highest BCUT2D eigenvalue weighted by molar-refractivity contribution is 7.91. The summed E-state index contributed by atoms with van der Waals surface area (Å²) in [6, 6.07) is 15.6. The summed E-state index contributed by atoms with van der Waals surface area (Å²) in [5.41, 5.74) is 2.99. The van der Waals surface area contributed by atoms with E-state index < -0.39 is 15.7 Å². The van der Waals surface area contributed by atoms with Gasteiger partial charge in [-0.1, -0.05) is 18.2 Å². The van der Waals surface area contributed by atoms with Gasteiger partial charge in [0, 0.05) is 18.6 Å². The average molecular weight is 366 g/mol. The molecule has 4 aromatic rings. The second-order valence-electron chi connectivity index (χ2n) is 6.01. The van der Waals surface area contributed by atoms with Crippen LogP contribution in [0.25, 0.3) is 5.65 Å². The lowest BCUT2D eigenvalue weighted by atomic mass is 10.1. The topological polar surface area (TPSA) is 51.4 Å². The molecule has 0 aliphatic heterocycles. The standard InChI is InChI=1S/C20H15FN2O2S/c21-17-4-8-19(9-5-17)26(24,25)18-6-1-15(2-7-18)13-16-3-10-20-22-11-12-23(20)14-16/h1-12,14H,13H2. The molecule has 0 aliphatic carbocycles. The fraction of sp³-hybridized carbons (Fsp3) is 0.0500. The van der Waals surface area contributed by atoms with Crippen LogP contribution < -0.4 is 0 Å². The van der Waals surface area contributed by atoms with Gasteiger partial charge in [0.25, 0.3) is 0 Å². The van der Waals surface area contributed by atoms with Crippen molar-refractivity contribution in [3.05, 3.63) is 96.2 Å². The molecule has 0 unspecified atom stereocenters. The highest BCUT2D eigenvalue weighted by Crippen LogP contribution is 2.22. The second-order valence-corrected chi connectivity index (χ2v) is 7.96. The van der Waals surface area contributed by atoms with E-state index in [0.717, 1.165) is 28.9 Å². The smallest absolute Gasteiger partial charge is 0.206 e. The number of sulfone groups is 1. The predicted octanol–water partition coefficient (Wildman–Crippen LogP) is 3.90. The maximum atomic E-state index is 13.0. The Hall–Kier alpha value is -2.99. The van der Waals surface area contributed by atoms with Crippen LogP contribution in [-0.4, -0.2) is 17.8 Å². The van der Waals surface area contributed by atoms with Crippen molar-refractivity contribution in [1.82, 2.24) is 9.38 Å². The molecule has 0 fully saturated rings. The summed E-state index contributed by atoms with van der Waals surface area (Å²) in [7, 11) is -3.65. The van der Waals surface area contributed by atoms with E-state index in [0.29, 0.717) is 6.42 Å². The minimum absolute atomic E-state index is 0.0807. The quantitative estimate of drug-likeness (QED) is 0.515. The molecule has 0 amide bonds. The minimum atomic E-state index is -3.65. The van der Waals surface area contributed by atoms with Gasteiger partial charge in [-0.2, -0.15) is 0 Å². The highest BCUT2D eigenvalue weighted by atomic mass is 32.2. The number of imidazole rings is 1. The molecule has 130 valence electrons. The molecule has 0 atom stereocenters. The van der Waals surface area contributed by atoms with Gasteiger partial charge in [-0.25, -0.2) is 17.8 Å². The Kier molecular flexibility index (Phi) is 4.05. The summed E-state index contributed by atoms with van der Waals surface area (Å²) in [5.74, 6) is -0.464. The molecular weight excluding hydrogens is 351 g/mol. The predicted molar refractivity (Wildman–Crippen MR) is 96.3 cm³/mol. The molecule has 26 heavy (non-hydrogen) atoms. The number of hydrogen-bond donors (Lipinski definition) is 0. The number of aromatic nitrogens is 2. The van der Waals surface area contributed by atoms with Crippen LogP contribution in [0.3, 0.4) is 0 Å². The zero-order valence-electron chi connectivity index (χ0n) is 13.7. The zero-order valence-corrected chi connectivity index (χ0v) is 14.5. The molecule has 2 heterocycles. The SMILES string of the molecule is O=S(=O)(c1ccc(F)cc1)c1ccc(Cc2ccc3nccn3c2)cc1.